The molecule has 1 rings (SSSR count). The first kappa shape index (κ1) is 14.4. The van der Waals surface area contributed by atoms with E-state index in [1.54, 1.807) is 0 Å². The summed E-state index contributed by atoms with van der Waals surface area (Å²) >= 11 is 0. The third-order valence-corrected chi connectivity index (χ3v) is 2.93. The van der Waals surface area contributed by atoms with E-state index >= 15 is 0 Å². The van der Waals surface area contributed by atoms with Gasteiger partial charge in [-0.05, 0) is 36.7 Å². The van der Waals surface area contributed by atoms with Crippen molar-refractivity contribution in [2.75, 3.05) is 0 Å². The van der Waals surface area contributed by atoms with Gasteiger partial charge in [-0.15, -0.1) is 0 Å². The predicted molar refractivity (Wildman–Crippen MR) is 76.1 cm³/mol. The quantitative estimate of drug-likeness (QED) is 0.668. The minimum absolute atomic E-state index is 0.0303. The summed E-state index contributed by atoms with van der Waals surface area (Å²) in [5.41, 5.74) is 1.65. The highest BCUT2D eigenvalue weighted by Gasteiger charge is 2.30. The van der Waals surface area contributed by atoms with E-state index in [4.69, 9.17) is 4.74 Å². The summed E-state index contributed by atoms with van der Waals surface area (Å²) in [5.74, 6) is 0.742. The molecule has 0 aromatic rings. The molecule has 4 heteroatoms. The lowest BCUT2D eigenvalue weighted by Gasteiger charge is -2.34. The van der Waals surface area contributed by atoms with Crippen molar-refractivity contribution < 1.29 is 9.13 Å². The van der Waals surface area contributed by atoms with Gasteiger partial charge in [-0.1, -0.05) is 20.8 Å². The maximum absolute atomic E-state index is 13.7. The van der Waals surface area contributed by atoms with Gasteiger partial charge in [0.15, 0.2) is 7.85 Å². The SMILES string of the molecule is BC1=C(F)CCC(C(C)(C)C)=C1OC(B)(C)C. The first-order chi connectivity index (χ1) is 7.52. The largest absolute Gasteiger partial charge is 0.498 e. The van der Waals surface area contributed by atoms with Crippen molar-refractivity contribution in [2.24, 2.45) is 5.41 Å². The van der Waals surface area contributed by atoms with E-state index in [1.165, 1.54) is 5.57 Å². The van der Waals surface area contributed by atoms with Gasteiger partial charge in [0.05, 0.1) is 11.3 Å². The molecule has 0 aromatic heterocycles. The molecule has 0 bridgehead atoms. The Morgan fingerprint density at radius 2 is 1.65 bits per heavy atom. The molecule has 0 spiro atoms. The van der Waals surface area contributed by atoms with Crippen LogP contribution in [0.15, 0.2) is 22.6 Å². The highest BCUT2D eigenvalue weighted by atomic mass is 19.1. The molecule has 0 N–H and O–H groups in total. The van der Waals surface area contributed by atoms with Gasteiger partial charge < -0.3 is 4.74 Å². The fraction of sp³-hybridized carbons (Fsp3) is 0.692. The number of hydrogen-bond donors (Lipinski definition) is 0. The molecule has 1 nitrogen and oxygen atoms in total. The average Bonchev–Trinajstić information content (AvgIpc) is 2.08. The second-order valence-electron chi connectivity index (χ2n) is 6.80. The lowest BCUT2D eigenvalue weighted by molar-refractivity contribution is 0.108. The van der Waals surface area contributed by atoms with Crippen molar-refractivity contribution in [3.05, 3.63) is 22.6 Å². The van der Waals surface area contributed by atoms with E-state index in [2.05, 4.69) is 20.8 Å². The lowest BCUT2D eigenvalue weighted by Crippen LogP contribution is -2.28. The van der Waals surface area contributed by atoms with E-state index < -0.39 is 0 Å². The Morgan fingerprint density at radius 3 is 2.06 bits per heavy atom. The Balaban J connectivity index is 3.24. The van der Waals surface area contributed by atoms with Gasteiger partial charge in [0.2, 0.25) is 0 Å². The van der Waals surface area contributed by atoms with Gasteiger partial charge in [-0.25, -0.2) is 4.39 Å². The zero-order valence-corrected chi connectivity index (χ0v) is 12.2. The van der Waals surface area contributed by atoms with Crippen LogP contribution in [-0.2, 0) is 4.74 Å². The fourth-order valence-corrected chi connectivity index (χ4v) is 2.05. The molecular formula is C13H23B2FO. The number of ether oxygens (including phenoxy) is 1. The van der Waals surface area contributed by atoms with E-state index in [9.17, 15) is 4.39 Å². The van der Waals surface area contributed by atoms with Gasteiger partial charge in [-0.2, -0.15) is 0 Å². The average molecular weight is 236 g/mol. The Bertz CT molecular complexity index is 370. The van der Waals surface area contributed by atoms with Gasteiger partial charge >= 0.3 is 0 Å². The number of halogens is 1. The molecule has 0 aliphatic heterocycles. The molecule has 0 heterocycles. The summed E-state index contributed by atoms with van der Waals surface area (Å²) in [6.07, 6.45) is 1.27. The zero-order chi connectivity index (χ0) is 13.4. The third kappa shape index (κ3) is 3.65. The van der Waals surface area contributed by atoms with Crippen LogP contribution in [0.4, 0.5) is 4.39 Å². The van der Waals surface area contributed by atoms with Gasteiger partial charge in [0.1, 0.15) is 13.6 Å². The minimum atomic E-state index is -0.287. The van der Waals surface area contributed by atoms with Crippen molar-refractivity contribution >= 4 is 15.7 Å². The maximum Gasteiger partial charge on any atom is 0.158 e. The molecule has 0 amide bonds. The first-order valence-corrected chi connectivity index (χ1v) is 6.30. The molecule has 0 aromatic carbocycles. The molecule has 0 saturated heterocycles. The third-order valence-electron chi connectivity index (χ3n) is 2.93. The van der Waals surface area contributed by atoms with Crippen LogP contribution in [0.25, 0.3) is 0 Å². The van der Waals surface area contributed by atoms with Crippen molar-refractivity contribution in [1.82, 2.24) is 0 Å². The molecule has 0 unspecified atom stereocenters. The monoisotopic (exact) mass is 236 g/mol. The molecule has 0 fully saturated rings. The topological polar surface area (TPSA) is 9.23 Å². The molecule has 0 atom stereocenters. The molecule has 1 aliphatic rings. The number of hydrogen-bond acceptors (Lipinski definition) is 1. The minimum Gasteiger partial charge on any atom is -0.498 e. The highest BCUT2D eigenvalue weighted by Crippen LogP contribution is 2.40. The Labute approximate surface area is 106 Å². The molecule has 94 valence electrons. The summed E-state index contributed by atoms with van der Waals surface area (Å²) in [6, 6.07) is 0. The van der Waals surface area contributed by atoms with E-state index in [-0.39, 0.29) is 16.7 Å². The van der Waals surface area contributed by atoms with Crippen LogP contribution in [0.2, 0.25) is 0 Å². The normalized spacial score (nSPS) is 18.7. The standard InChI is InChI=1S/C13H23B2FO/c1-12(2,3)8-6-7-9(16)10(14)11(8)17-13(4,5)15/h6-7,14-15H2,1-5H3. The smallest absolute Gasteiger partial charge is 0.158 e. The number of rotatable bonds is 2. The van der Waals surface area contributed by atoms with Crippen molar-refractivity contribution in [3.8, 4) is 0 Å². The first-order valence-electron chi connectivity index (χ1n) is 6.30. The molecule has 0 saturated carbocycles. The van der Waals surface area contributed by atoms with Crippen LogP contribution in [0.1, 0.15) is 47.5 Å². The molecule has 0 radical (unpaired) electrons. The van der Waals surface area contributed by atoms with Crippen LogP contribution in [0, 0.1) is 5.41 Å². The summed E-state index contributed by atoms with van der Waals surface area (Å²) in [7, 11) is 3.82. The second-order valence-corrected chi connectivity index (χ2v) is 6.80. The zero-order valence-electron chi connectivity index (χ0n) is 12.2. The van der Waals surface area contributed by atoms with E-state index in [0.717, 1.165) is 12.2 Å². The lowest BCUT2D eigenvalue weighted by atomic mass is 9.74. The Morgan fingerprint density at radius 1 is 1.12 bits per heavy atom. The fourth-order valence-electron chi connectivity index (χ4n) is 2.05. The second kappa shape index (κ2) is 4.55. The molecule has 1 aliphatic carbocycles. The van der Waals surface area contributed by atoms with Crippen LogP contribution in [0.5, 0.6) is 0 Å². The summed E-state index contributed by atoms with van der Waals surface area (Å²) in [4.78, 5) is 0. The summed E-state index contributed by atoms with van der Waals surface area (Å²) < 4.78 is 19.7. The van der Waals surface area contributed by atoms with Gasteiger partial charge in [-0.3, -0.25) is 0 Å². The molecular weight excluding hydrogens is 213 g/mol. The predicted octanol–water partition coefficient (Wildman–Crippen LogP) is 2.28. The van der Waals surface area contributed by atoms with Gasteiger partial charge in [0.25, 0.3) is 0 Å². The Hall–Kier alpha value is -0.660. The summed E-state index contributed by atoms with van der Waals surface area (Å²) in [5, 5.41) is 0. The molecule has 17 heavy (non-hydrogen) atoms. The van der Waals surface area contributed by atoms with Crippen molar-refractivity contribution in [2.45, 2.75) is 53.0 Å². The van der Waals surface area contributed by atoms with E-state index in [0.29, 0.717) is 11.9 Å². The van der Waals surface area contributed by atoms with Crippen LogP contribution >= 0.6 is 0 Å². The van der Waals surface area contributed by atoms with Crippen LogP contribution in [-0.4, -0.2) is 21.2 Å². The van der Waals surface area contributed by atoms with Crippen LogP contribution < -0.4 is 0 Å². The maximum atomic E-state index is 13.7. The van der Waals surface area contributed by atoms with Gasteiger partial charge in [0, 0.05) is 6.42 Å². The van der Waals surface area contributed by atoms with Crippen molar-refractivity contribution in [3.63, 3.8) is 0 Å². The van der Waals surface area contributed by atoms with E-state index in [1.807, 2.05) is 29.5 Å². The van der Waals surface area contributed by atoms with Crippen molar-refractivity contribution in [1.29, 1.82) is 0 Å². The van der Waals surface area contributed by atoms with Crippen LogP contribution in [0.3, 0.4) is 0 Å². The highest BCUT2D eigenvalue weighted by molar-refractivity contribution is 6.24. The number of allylic oxidation sites excluding steroid dienone is 3. The Kier molecular flexibility index (Phi) is 3.85. The summed E-state index contributed by atoms with van der Waals surface area (Å²) in [6.45, 7) is 10.5.